The molecule has 0 aliphatic heterocycles. The lowest BCUT2D eigenvalue weighted by Crippen LogP contribution is -2.45. The Labute approximate surface area is 67.0 Å². The van der Waals surface area contributed by atoms with Crippen LogP contribution < -0.4 is 10.6 Å². The van der Waals surface area contributed by atoms with Crippen LogP contribution in [0.5, 0.6) is 0 Å². The zero-order valence-corrected chi connectivity index (χ0v) is 7.22. The van der Waals surface area contributed by atoms with Gasteiger partial charge in [-0.05, 0) is 20.9 Å². The summed E-state index contributed by atoms with van der Waals surface area (Å²) in [6.07, 6.45) is 0. The monoisotopic (exact) mass is 160 g/mol. The Balaban J connectivity index is 3.68. The number of aliphatic hydroxyl groups excluding tert-OH is 1. The van der Waals surface area contributed by atoms with Crippen molar-refractivity contribution in [2.75, 3.05) is 13.7 Å². The van der Waals surface area contributed by atoms with Crippen LogP contribution in [-0.2, 0) is 4.79 Å². The van der Waals surface area contributed by atoms with Crippen molar-refractivity contribution in [3.63, 3.8) is 0 Å². The van der Waals surface area contributed by atoms with E-state index in [1.807, 2.05) is 0 Å². The normalized spacial score (nSPS) is 15.6. The first kappa shape index (κ1) is 10.4. The number of aliphatic hydroxyl groups is 1. The third kappa shape index (κ3) is 3.95. The third-order valence-corrected chi connectivity index (χ3v) is 1.49. The minimum Gasteiger partial charge on any atom is -0.394 e. The van der Waals surface area contributed by atoms with Crippen LogP contribution in [0.1, 0.15) is 13.8 Å². The number of nitrogens with one attached hydrogen (secondary N) is 2. The highest BCUT2D eigenvalue weighted by Gasteiger charge is 2.11. The van der Waals surface area contributed by atoms with Crippen molar-refractivity contribution in [3.05, 3.63) is 0 Å². The van der Waals surface area contributed by atoms with Crippen molar-refractivity contribution >= 4 is 5.91 Å². The fourth-order valence-electron chi connectivity index (χ4n) is 0.545. The number of carbonyl (C=O) groups is 1. The number of hydrogen-bond donors (Lipinski definition) is 3. The number of rotatable bonds is 4. The molecule has 3 N–H and O–H groups in total. The van der Waals surface area contributed by atoms with Gasteiger partial charge in [-0.2, -0.15) is 0 Å². The Morgan fingerprint density at radius 3 is 2.45 bits per heavy atom. The van der Waals surface area contributed by atoms with Gasteiger partial charge in [0.1, 0.15) is 0 Å². The van der Waals surface area contributed by atoms with Gasteiger partial charge in [0.15, 0.2) is 0 Å². The molecular formula is C7H16N2O2. The Hall–Kier alpha value is -0.610. The fraction of sp³-hybridized carbons (Fsp3) is 0.857. The van der Waals surface area contributed by atoms with Gasteiger partial charge in [0.2, 0.25) is 5.91 Å². The number of carbonyl (C=O) groups excluding carboxylic acids is 1. The highest BCUT2D eigenvalue weighted by Crippen LogP contribution is 1.83. The van der Waals surface area contributed by atoms with Gasteiger partial charge in [0, 0.05) is 6.04 Å². The predicted octanol–water partition coefficient (Wildman–Crippen LogP) is -0.909. The van der Waals surface area contributed by atoms with Crippen molar-refractivity contribution in [3.8, 4) is 0 Å². The van der Waals surface area contributed by atoms with Crippen LogP contribution in [0.4, 0.5) is 0 Å². The van der Waals surface area contributed by atoms with E-state index in [0.29, 0.717) is 0 Å². The molecule has 0 bridgehead atoms. The number of hydrogen-bond acceptors (Lipinski definition) is 3. The summed E-state index contributed by atoms with van der Waals surface area (Å²) >= 11 is 0. The van der Waals surface area contributed by atoms with Gasteiger partial charge < -0.3 is 15.7 Å². The van der Waals surface area contributed by atoms with Crippen LogP contribution in [0.15, 0.2) is 0 Å². The van der Waals surface area contributed by atoms with Crippen LogP contribution in [0.25, 0.3) is 0 Å². The van der Waals surface area contributed by atoms with Crippen LogP contribution in [0.2, 0.25) is 0 Å². The lowest BCUT2D eigenvalue weighted by atomic mass is 10.3. The second-order valence-electron chi connectivity index (χ2n) is 2.60. The molecule has 0 saturated carbocycles. The molecule has 0 spiro atoms. The highest BCUT2D eigenvalue weighted by molar-refractivity contribution is 5.81. The Morgan fingerprint density at radius 1 is 1.55 bits per heavy atom. The number of likely N-dealkylation sites (N-methyl/N-ethyl adjacent to an activating group) is 1. The molecule has 11 heavy (non-hydrogen) atoms. The van der Waals surface area contributed by atoms with Crippen LogP contribution in [-0.4, -0.2) is 36.8 Å². The van der Waals surface area contributed by atoms with E-state index in [9.17, 15) is 4.79 Å². The first-order valence-electron chi connectivity index (χ1n) is 3.70. The zero-order valence-electron chi connectivity index (χ0n) is 7.22. The van der Waals surface area contributed by atoms with E-state index in [-0.39, 0.29) is 24.6 Å². The molecule has 0 saturated heterocycles. The van der Waals surface area contributed by atoms with E-state index >= 15 is 0 Å². The molecule has 4 heteroatoms. The van der Waals surface area contributed by atoms with Crippen LogP contribution in [0.3, 0.4) is 0 Å². The predicted molar refractivity (Wildman–Crippen MR) is 43.2 cm³/mol. The van der Waals surface area contributed by atoms with Crippen LogP contribution >= 0.6 is 0 Å². The summed E-state index contributed by atoms with van der Waals surface area (Å²) in [7, 11) is 1.72. The zero-order chi connectivity index (χ0) is 8.85. The molecule has 66 valence electrons. The summed E-state index contributed by atoms with van der Waals surface area (Å²) in [5.74, 6) is -0.0888. The minimum absolute atomic E-state index is 0.0256. The quantitative estimate of drug-likeness (QED) is 0.499. The molecule has 4 nitrogen and oxygen atoms in total. The third-order valence-electron chi connectivity index (χ3n) is 1.49. The molecule has 0 aromatic carbocycles. The summed E-state index contributed by atoms with van der Waals surface area (Å²) in [5.41, 5.74) is 0. The van der Waals surface area contributed by atoms with E-state index < -0.39 is 0 Å². The van der Waals surface area contributed by atoms with E-state index in [0.717, 1.165) is 0 Å². The van der Waals surface area contributed by atoms with Crippen LogP contribution in [0, 0.1) is 0 Å². The lowest BCUT2D eigenvalue weighted by Gasteiger charge is -2.14. The summed E-state index contributed by atoms with van der Waals surface area (Å²) < 4.78 is 0. The maximum atomic E-state index is 11.1. The average Bonchev–Trinajstić information content (AvgIpc) is 2.02. The van der Waals surface area contributed by atoms with Crippen molar-refractivity contribution in [2.24, 2.45) is 0 Å². The first-order chi connectivity index (χ1) is 5.11. The second-order valence-corrected chi connectivity index (χ2v) is 2.60. The maximum Gasteiger partial charge on any atom is 0.237 e. The molecule has 1 amide bonds. The van der Waals surface area contributed by atoms with Gasteiger partial charge in [-0.25, -0.2) is 0 Å². The molecule has 0 radical (unpaired) electrons. The van der Waals surface area contributed by atoms with E-state index in [1.54, 1.807) is 20.9 Å². The molecule has 0 rings (SSSR count). The van der Waals surface area contributed by atoms with Gasteiger partial charge in [-0.1, -0.05) is 0 Å². The summed E-state index contributed by atoms with van der Waals surface area (Å²) in [6, 6.07) is -0.373. The van der Waals surface area contributed by atoms with Crippen molar-refractivity contribution < 1.29 is 9.90 Å². The Kier molecular flexibility index (Phi) is 4.81. The van der Waals surface area contributed by atoms with Gasteiger partial charge >= 0.3 is 0 Å². The summed E-state index contributed by atoms with van der Waals surface area (Å²) in [6.45, 7) is 3.49. The van der Waals surface area contributed by atoms with Gasteiger partial charge in [0.25, 0.3) is 0 Å². The van der Waals surface area contributed by atoms with Gasteiger partial charge in [-0.15, -0.1) is 0 Å². The molecule has 0 aromatic heterocycles. The molecule has 0 fully saturated rings. The largest absolute Gasteiger partial charge is 0.394 e. The maximum absolute atomic E-state index is 11.1. The van der Waals surface area contributed by atoms with E-state index in [2.05, 4.69) is 10.6 Å². The SMILES string of the molecule is CNC(C)C(=O)N[C@H](C)CO. The minimum atomic E-state index is -0.205. The van der Waals surface area contributed by atoms with Crippen molar-refractivity contribution in [2.45, 2.75) is 25.9 Å². The molecule has 0 aromatic rings. The smallest absolute Gasteiger partial charge is 0.237 e. The topological polar surface area (TPSA) is 61.4 Å². The average molecular weight is 160 g/mol. The first-order valence-corrected chi connectivity index (χ1v) is 3.70. The molecule has 0 heterocycles. The molecular weight excluding hydrogens is 144 g/mol. The van der Waals surface area contributed by atoms with Gasteiger partial charge in [-0.3, -0.25) is 4.79 Å². The Morgan fingerprint density at radius 2 is 2.09 bits per heavy atom. The molecule has 2 atom stereocenters. The molecule has 0 aliphatic rings. The van der Waals surface area contributed by atoms with E-state index in [4.69, 9.17) is 5.11 Å². The highest BCUT2D eigenvalue weighted by atomic mass is 16.3. The fourth-order valence-corrected chi connectivity index (χ4v) is 0.545. The van der Waals surface area contributed by atoms with Crippen molar-refractivity contribution in [1.82, 2.24) is 10.6 Å². The molecule has 0 aliphatic carbocycles. The Bertz CT molecular complexity index is 128. The van der Waals surface area contributed by atoms with E-state index in [1.165, 1.54) is 0 Å². The summed E-state index contributed by atoms with van der Waals surface area (Å²) in [4.78, 5) is 11.1. The second kappa shape index (κ2) is 5.09. The summed E-state index contributed by atoms with van der Waals surface area (Å²) in [5, 5.41) is 14.0. The van der Waals surface area contributed by atoms with Gasteiger partial charge in [0.05, 0.1) is 12.6 Å². The van der Waals surface area contributed by atoms with Crippen molar-refractivity contribution in [1.29, 1.82) is 0 Å². The number of amides is 1. The molecule has 1 unspecified atom stereocenters. The standard InChI is InChI=1S/C7H16N2O2/c1-5(4-10)9-7(11)6(2)8-3/h5-6,8,10H,4H2,1-3H3,(H,9,11)/t5-,6?/m1/s1. The lowest BCUT2D eigenvalue weighted by molar-refractivity contribution is -0.123.